The summed E-state index contributed by atoms with van der Waals surface area (Å²) >= 11 is 0. The van der Waals surface area contributed by atoms with E-state index >= 15 is 0 Å². The van der Waals surface area contributed by atoms with Crippen LogP contribution >= 0.6 is 0 Å². The predicted molar refractivity (Wildman–Crippen MR) is 103 cm³/mol. The molecule has 0 fully saturated rings. The minimum absolute atomic E-state index is 0.0958. The van der Waals surface area contributed by atoms with Crippen molar-refractivity contribution in [2.45, 2.75) is 12.1 Å². The molecule has 0 spiro atoms. The summed E-state index contributed by atoms with van der Waals surface area (Å²) in [5.74, 6) is 0. The minimum Gasteiger partial charge on any atom is -0.376 e. The summed E-state index contributed by atoms with van der Waals surface area (Å²) in [4.78, 5) is 4.69. The first-order valence-corrected chi connectivity index (χ1v) is 8.65. The second kappa shape index (κ2) is 6.98. The second-order valence-corrected chi connectivity index (χ2v) is 6.26. The SMILES string of the molecule is OCn1cnc(C(c2ccccc2)(c2ccccc2)c2ccccc2)c1. The van der Waals surface area contributed by atoms with Crippen molar-refractivity contribution in [1.29, 1.82) is 0 Å². The van der Waals surface area contributed by atoms with E-state index in [9.17, 15) is 5.11 Å². The summed E-state index contributed by atoms with van der Waals surface area (Å²) in [5, 5.41) is 9.55. The zero-order valence-electron chi connectivity index (χ0n) is 14.4. The molecule has 0 bridgehead atoms. The van der Waals surface area contributed by atoms with Crippen LogP contribution in [0.3, 0.4) is 0 Å². The third-order valence-electron chi connectivity index (χ3n) is 4.80. The summed E-state index contributed by atoms with van der Waals surface area (Å²) in [5.41, 5.74) is 3.75. The smallest absolute Gasteiger partial charge is 0.120 e. The number of hydrogen-bond acceptors (Lipinski definition) is 2. The Bertz CT molecular complexity index is 866. The van der Waals surface area contributed by atoms with Crippen LogP contribution in [-0.4, -0.2) is 14.7 Å². The number of hydrogen-bond donors (Lipinski definition) is 1. The van der Waals surface area contributed by atoms with E-state index in [0.29, 0.717) is 0 Å². The van der Waals surface area contributed by atoms with Gasteiger partial charge in [0.05, 0.1) is 17.4 Å². The van der Waals surface area contributed by atoms with E-state index < -0.39 is 5.41 Å². The van der Waals surface area contributed by atoms with Crippen molar-refractivity contribution in [1.82, 2.24) is 9.55 Å². The molecule has 128 valence electrons. The predicted octanol–water partition coefficient (Wildman–Crippen LogP) is 4.22. The highest BCUT2D eigenvalue weighted by Crippen LogP contribution is 2.44. The van der Waals surface area contributed by atoms with Crippen molar-refractivity contribution in [3.63, 3.8) is 0 Å². The number of nitrogens with zero attached hydrogens (tertiary/aromatic N) is 2. The van der Waals surface area contributed by atoms with Gasteiger partial charge in [0, 0.05) is 6.20 Å². The number of aromatic nitrogens is 2. The molecule has 3 aromatic carbocycles. The zero-order valence-corrected chi connectivity index (χ0v) is 14.4. The molecule has 1 N–H and O–H groups in total. The molecule has 0 aliphatic carbocycles. The Morgan fingerprint density at radius 3 is 1.46 bits per heavy atom. The quantitative estimate of drug-likeness (QED) is 0.553. The summed E-state index contributed by atoms with van der Waals surface area (Å²) < 4.78 is 1.69. The molecule has 0 atom stereocenters. The molecule has 1 aromatic heterocycles. The van der Waals surface area contributed by atoms with Crippen LogP contribution in [-0.2, 0) is 12.1 Å². The van der Waals surface area contributed by atoms with Gasteiger partial charge in [0.2, 0.25) is 0 Å². The number of rotatable bonds is 5. The Labute approximate surface area is 153 Å². The molecular formula is C23H20N2O. The van der Waals surface area contributed by atoms with E-state index in [4.69, 9.17) is 4.98 Å². The van der Waals surface area contributed by atoms with Gasteiger partial charge in [-0.05, 0) is 16.7 Å². The van der Waals surface area contributed by atoms with Crippen molar-refractivity contribution in [3.05, 3.63) is 126 Å². The summed E-state index contributed by atoms with van der Waals surface area (Å²) in [6, 6.07) is 31.2. The number of aliphatic hydroxyl groups excluding tert-OH is 1. The van der Waals surface area contributed by atoms with E-state index in [0.717, 1.165) is 22.4 Å². The molecule has 0 saturated carbocycles. The number of aliphatic hydroxyl groups is 1. The van der Waals surface area contributed by atoms with Gasteiger partial charge >= 0.3 is 0 Å². The monoisotopic (exact) mass is 340 g/mol. The van der Waals surface area contributed by atoms with Crippen LogP contribution in [0.1, 0.15) is 22.4 Å². The summed E-state index contributed by atoms with van der Waals surface area (Å²) in [6.07, 6.45) is 3.60. The average molecular weight is 340 g/mol. The Balaban J connectivity index is 2.10. The maximum absolute atomic E-state index is 9.55. The van der Waals surface area contributed by atoms with Gasteiger partial charge in [-0.3, -0.25) is 0 Å². The van der Waals surface area contributed by atoms with Gasteiger partial charge < -0.3 is 9.67 Å². The van der Waals surface area contributed by atoms with Gasteiger partial charge in [0.15, 0.2) is 0 Å². The van der Waals surface area contributed by atoms with Crippen LogP contribution in [0.4, 0.5) is 0 Å². The van der Waals surface area contributed by atoms with Gasteiger partial charge in [-0.25, -0.2) is 4.98 Å². The molecule has 3 heteroatoms. The van der Waals surface area contributed by atoms with Crippen molar-refractivity contribution in [2.24, 2.45) is 0 Å². The van der Waals surface area contributed by atoms with Crippen LogP contribution in [0.5, 0.6) is 0 Å². The van der Waals surface area contributed by atoms with E-state index in [1.807, 2.05) is 24.4 Å². The first-order valence-electron chi connectivity index (χ1n) is 8.65. The molecule has 0 aliphatic rings. The maximum atomic E-state index is 9.55. The normalized spacial score (nSPS) is 11.4. The molecule has 0 aliphatic heterocycles. The first-order chi connectivity index (χ1) is 12.9. The van der Waals surface area contributed by atoms with Crippen LogP contribution in [0.25, 0.3) is 0 Å². The fourth-order valence-corrected chi connectivity index (χ4v) is 3.64. The molecule has 0 amide bonds. The second-order valence-electron chi connectivity index (χ2n) is 6.26. The summed E-state index contributed by atoms with van der Waals surface area (Å²) in [7, 11) is 0. The third kappa shape index (κ3) is 2.63. The lowest BCUT2D eigenvalue weighted by Crippen LogP contribution is -2.31. The zero-order chi connectivity index (χ0) is 17.8. The van der Waals surface area contributed by atoms with E-state index in [-0.39, 0.29) is 6.73 Å². The largest absolute Gasteiger partial charge is 0.376 e. The Hall–Kier alpha value is -3.17. The molecule has 0 unspecified atom stereocenters. The first kappa shape index (κ1) is 16.3. The Kier molecular flexibility index (Phi) is 4.38. The van der Waals surface area contributed by atoms with Crippen LogP contribution < -0.4 is 0 Å². The third-order valence-corrected chi connectivity index (χ3v) is 4.80. The molecule has 3 nitrogen and oxygen atoms in total. The number of imidazole rings is 1. The highest BCUT2D eigenvalue weighted by Gasteiger charge is 2.40. The van der Waals surface area contributed by atoms with Gasteiger partial charge in [-0.1, -0.05) is 91.0 Å². The average Bonchev–Trinajstić information content (AvgIpc) is 3.21. The molecule has 0 radical (unpaired) electrons. The van der Waals surface area contributed by atoms with Crippen LogP contribution in [0, 0.1) is 0 Å². The number of benzene rings is 3. The topological polar surface area (TPSA) is 38.0 Å². The molecule has 0 saturated heterocycles. The fourth-order valence-electron chi connectivity index (χ4n) is 3.64. The lowest BCUT2D eigenvalue weighted by molar-refractivity contribution is 0.210. The van der Waals surface area contributed by atoms with E-state index in [2.05, 4.69) is 72.8 Å². The lowest BCUT2D eigenvalue weighted by atomic mass is 9.67. The van der Waals surface area contributed by atoms with Crippen molar-refractivity contribution < 1.29 is 5.11 Å². The van der Waals surface area contributed by atoms with Crippen LogP contribution in [0.15, 0.2) is 104 Å². The molecule has 4 rings (SSSR count). The van der Waals surface area contributed by atoms with Gasteiger partial charge in [0.25, 0.3) is 0 Å². The summed E-state index contributed by atoms with van der Waals surface area (Å²) in [6.45, 7) is -0.0958. The van der Waals surface area contributed by atoms with Crippen molar-refractivity contribution in [3.8, 4) is 0 Å². The lowest BCUT2D eigenvalue weighted by Gasteiger charge is -2.34. The fraction of sp³-hybridized carbons (Fsp3) is 0.0870. The van der Waals surface area contributed by atoms with E-state index in [1.54, 1.807) is 10.9 Å². The Morgan fingerprint density at radius 1 is 0.692 bits per heavy atom. The van der Waals surface area contributed by atoms with Gasteiger partial charge in [-0.15, -0.1) is 0 Å². The molecule has 4 aromatic rings. The van der Waals surface area contributed by atoms with Gasteiger partial charge in [-0.2, -0.15) is 0 Å². The molecule has 1 heterocycles. The van der Waals surface area contributed by atoms with Crippen molar-refractivity contribution in [2.75, 3.05) is 0 Å². The molecular weight excluding hydrogens is 320 g/mol. The molecule has 26 heavy (non-hydrogen) atoms. The van der Waals surface area contributed by atoms with Gasteiger partial charge in [0.1, 0.15) is 6.73 Å². The standard InChI is InChI=1S/C23H20N2O/c26-18-25-16-22(24-17-25)23(19-10-4-1-5-11-19,20-12-6-2-7-13-20)21-14-8-3-9-15-21/h1-17,26H,18H2. The van der Waals surface area contributed by atoms with Crippen molar-refractivity contribution >= 4 is 0 Å². The van der Waals surface area contributed by atoms with Crippen LogP contribution in [0.2, 0.25) is 0 Å². The highest BCUT2D eigenvalue weighted by molar-refractivity contribution is 5.57. The minimum atomic E-state index is -0.551. The Morgan fingerprint density at radius 2 is 1.12 bits per heavy atom. The van der Waals surface area contributed by atoms with E-state index in [1.165, 1.54) is 0 Å². The highest BCUT2D eigenvalue weighted by atomic mass is 16.3. The maximum Gasteiger partial charge on any atom is 0.120 e.